The Balaban J connectivity index is 2.18. The molecule has 0 aromatic heterocycles. The first-order valence-electron chi connectivity index (χ1n) is 6.91. The number of hydrogen-bond acceptors (Lipinski definition) is 3. The highest BCUT2D eigenvalue weighted by Crippen LogP contribution is 2.43. The van der Waals surface area contributed by atoms with E-state index in [2.05, 4.69) is 27.6 Å². The Morgan fingerprint density at radius 2 is 2.10 bits per heavy atom. The summed E-state index contributed by atoms with van der Waals surface area (Å²) in [5.41, 5.74) is 6.54. The van der Waals surface area contributed by atoms with E-state index in [1.807, 2.05) is 6.07 Å². The summed E-state index contributed by atoms with van der Waals surface area (Å²) in [6.07, 6.45) is 4.42. The van der Waals surface area contributed by atoms with Crippen molar-refractivity contribution in [3.05, 3.63) is 28.2 Å². The summed E-state index contributed by atoms with van der Waals surface area (Å²) in [4.78, 5) is 0.269. The fraction of sp³-hybridized carbons (Fsp3) is 0.571. The minimum atomic E-state index is -3.50. The maximum Gasteiger partial charge on any atom is 0.241 e. The quantitative estimate of drug-likeness (QED) is 0.818. The number of hydrogen-bond donors (Lipinski definition) is 2. The minimum Gasteiger partial charge on any atom is -0.326 e. The average molecular weight is 361 g/mol. The Morgan fingerprint density at radius 3 is 2.60 bits per heavy atom. The molecule has 20 heavy (non-hydrogen) atoms. The monoisotopic (exact) mass is 360 g/mol. The maximum atomic E-state index is 12.4. The smallest absolute Gasteiger partial charge is 0.241 e. The lowest BCUT2D eigenvalue weighted by Crippen LogP contribution is -2.41. The van der Waals surface area contributed by atoms with Crippen molar-refractivity contribution in [1.29, 1.82) is 0 Å². The van der Waals surface area contributed by atoms with Gasteiger partial charge in [0.2, 0.25) is 10.0 Å². The fourth-order valence-electron chi connectivity index (χ4n) is 2.54. The van der Waals surface area contributed by atoms with Gasteiger partial charge in [0.05, 0.1) is 4.90 Å². The van der Waals surface area contributed by atoms with Gasteiger partial charge in [-0.25, -0.2) is 13.1 Å². The fourth-order valence-corrected chi connectivity index (χ4v) is 4.71. The van der Waals surface area contributed by atoms with Crippen molar-refractivity contribution in [2.24, 2.45) is 11.1 Å². The van der Waals surface area contributed by atoms with Crippen LogP contribution in [-0.2, 0) is 16.6 Å². The van der Waals surface area contributed by atoms with E-state index in [-0.39, 0.29) is 10.3 Å². The molecule has 1 aliphatic rings. The third-order valence-electron chi connectivity index (χ3n) is 4.32. The average Bonchev–Trinajstić information content (AvgIpc) is 2.38. The summed E-state index contributed by atoms with van der Waals surface area (Å²) in [5, 5.41) is 0. The van der Waals surface area contributed by atoms with E-state index in [4.69, 9.17) is 5.73 Å². The molecule has 2 rings (SSSR count). The Labute approximate surface area is 129 Å². The number of nitrogens with one attached hydrogen (secondary N) is 1. The number of halogens is 1. The number of benzene rings is 1. The molecule has 6 heteroatoms. The highest BCUT2D eigenvalue weighted by Gasteiger charge is 2.36. The van der Waals surface area contributed by atoms with Crippen molar-refractivity contribution in [2.75, 3.05) is 6.54 Å². The highest BCUT2D eigenvalue weighted by atomic mass is 79.9. The van der Waals surface area contributed by atoms with E-state index in [1.165, 1.54) is 6.42 Å². The van der Waals surface area contributed by atoms with Crippen molar-refractivity contribution in [3.8, 4) is 0 Å². The lowest BCUT2D eigenvalue weighted by Gasteiger charge is -2.41. The summed E-state index contributed by atoms with van der Waals surface area (Å²) >= 11 is 3.30. The first kappa shape index (κ1) is 15.9. The second-order valence-electron chi connectivity index (χ2n) is 5.50. The van der Waals surface area contributed by atoms with Crippen LogP contribution in [0.2, 0.25) is 0 Å². The van der Waals surface area contributed by atoms with Gasteiger partial charge in [-0.1, -0.05) is 19.4 Å². The van der Waals surface area contributed by atoms with E-state index < -0.39 is 10.0 Å². The molecule has 0 amide bonds. The van der Waals surface area contributed by atoms with Gasteiger partial charge in [0.25, 0.3) is 0 Å². The van der Waals surface area contributed by atoms with Crippen molar-refractivity contribution in [1.82, 2.24) is 4.72 Å². The predicted molar refractivity (Wildman–Crippen MR) is 83.8 cm³/mol. The Kier molecular flexibility index (Phi) is 4.89. The topological polar surface area (TPSA) is 72.2 Å². The maximum absolute atomic E-state index is 12.4. The van der Waals surface area contributed by atoms with Crippen LogP contribution in [0.3, 0.4) is 0 Å². The molecule has 0 unspecified atom stereocenters. The first-order chi connectivity index (χ1) is 9.42. The SMILES string of the molecule is CCC1(CNS(=O)(=O)c2cc(CN)ccc2Br)CCC1. The Bertz CT molecular complexity index is 577. The molecule has 0 spiro atoms. The summed E-state index contributed by atoms with van der Waals surface area (Å²) in [6.45, 7) is 2.97. The van der Waals surface area contributed by atoms with Gasteiger partial charge in [-0.05, 0) is 58.3 Å². The lowest BCUT2D eigenvalue weighted by atomic mass is 9.67. The van der Waals surface area contributed by atoms with Crippen LogP contribution in [0.15, 0.2) is 27.6 Å². The van der Waals surface area contributed by atoms with Gasteiger partial charge < -0.3 is 5.73 Å². The zero-order valence-corrected chi connectivity index (χ0v) is 14.1. The van der Waals surface area contributed by atoms with Crippen LogP contribution in [0.5, 0.6) is 0 Å². The third kappa shape index (κ3) is 3.24. The van der Waals surface area contributed by atoms with Gasteiger partial charge in [-0.15, -0.1) is 0 Å². The molecule has 0 aliphatic heterocycles. The molecular formula is C14H21BrN2O2S. The van der Waals surface area contributed by atoms with Gasteiger partial charge in [0.1, 0.15) is 0 Å². The molecule has 0 bridgehead atoms. The van der Waals surface area contributed by atoms with Gasteiger partial charge in [0.15, 0.2) is 0 Å². The van der Waals surface area contributed by atoms with E-state index in [9.17, 15) is 8.42 Å². The van der Waals surface area contributed by atoms with Crippen LogP contribution >= 0.6 is 15.9 Å². The normalized spacial score (nSPS) is 17.8. The zero-order chi connectivity index (χ0) is 14.8. The standard InChI is InChI=1S/C14H21BrN2O2S/c1-2-14(6-3-7-14)10-17-20(18,19)13-8-11(9-16)4-5-12(13)15/h4-5,8,17H,2-3,6-7,9-10,16H2,1H3. The molecule has 0 saturated heterocycles. The number of nitrogens with two attached hydrogens (primary N) is 1. The number of rotatable bonds is 6. The van der Waals surface area contributed by atoms with Crippen molar-refractivity contribution >= 4 is 26.0 Å². The van der Waals surface area contributed by atoms with E-state index >= 15 is 0 Å². The van der Waals surface area contributed by atoms with Crippen LogP contribution in [0.25, 0.3) is 0 Å². The molecule has 1 saturated carbocycles. The van der Waals surface area contributed by atoms with E-state index in [1.54, 1.807) is 12.1 Å². The molecule has 4 nitrogen and oxygen atoms in total. The summed E-state index contributed by atoms with van der Waals surface area (Å²) in [5.74, 6) is 0. The van der Waals surface area contributed by atoms with Gasteiger partial charge in [0, 0.05) is 17.6 Å². The molecule has 1 aromatic carbocycles. The molecule has 0 radical (unpaired) electrons. The molecule has 1 fully saturated rings. The van der Waals surface area contributed by atoms with Crippen LogP contribution < -0.4 is 10.5 Å². The molecule has 3 N–H and O–H groups in total. The molecule has 0 heterocycles. The molecule has 1 aromatic rings. The van der Waals surface area contributed by atoms with Gasteiger partial charge in [-0.2, -0.15) is 0 Å². The summed E-state index contributed by atoms with van der Waals surface area (Å²) in [7, 11) is -3.50. The minimum absolute atomic E-state index is 0.158. The van der Waals surface area contributed by atoms with Crippen LogP contribution in [-0.4, -0.2) is 15.0 Å². The van der Waals surface area contributed by atoms with Gasteiger partial charge in [-0.3, -0.25) is 0 Å². The second-order valence-corrected chi connectivity index (χ2v) is 8.09. The van der Waals surface area contributed by atoms with Crippen LogP contribution in [0.1, 0.15) is 38.2 Å². The first-order valence-corrected chi connectivity index (χ1v) is 9.18. The molecule has 0 atom stereocenters. The third-order valence-corrected chi connectivity index (χ3v) is 6.72. The highest BCUT2D eigenvalue weighted by molar-refractivity contribution is 9.10. The lowest BCUT2D eigenvalue weighted by molar-refractivity contribution is 0.133. The molecule has 112 valence electrons. The van der Waals surface area contributed by atoms with Crippen LogP contribution in [0, 0.1) is 5.41 Å². The summed E-state index contributed by atoms with van der Waals surface area (Å²) < 4.78 is 28.2. The van der Waals surface area contributed by atoms with E-state index in [0.717, 1.165) is 24.8 Å². The number of sulfonamides is 1. The zero-order valence-electron chi connectivity index (χ0n) is 11.7. The van der Waals surface area contributed by atoms with Crippen molar-refractivity contribution in [2.45, 2.75) is 44.0 Å². The van der Waals surface area contributed by atoms with Crippen molar-refractivity contribution < 1.29 is 8.42 Å². The Morgan fingerprint density at radius 1 is 1.40 bits per heavy atom. The van der Waals surface area contributed by atoms with Gasteiger partial charge >= 0.3 is 0 Å². The second kappa shape index (κ2) is 6.13. The molecular weight excluding hydrogens is 340 g/mol. The van der Waals surface area contributed by atoms with Crippen molar-refractivity contribution in [3.63, 3.8) is 0 Å². The van der Waals surface area contributed by atoms with E-state index in [0.29, 0.717) is 17.6 Å². The molecule has 1 aliphatic carbocycles. The largest absolute Gasteiger partial charge is 0.326 e. The van der Waals surface area contributed by atoms with Crippen LogP contribution in [0.4, 0.5) is 0 Å². The Hall–Kier alpha value is -0.430. The predicted octanol–water partition coefficient (Wildman–Crippen LogP) is 2.77. The summed E-state index contributed by atoms with van der Waals surface area (Å²) in [6, 6.07) is 5.18.